The summed E-state index contributed by atoms with van der Waals surface area (Å²) in [5.41, 5.74) is 3.73. The predicted octanol–water partition coefficient (Wildman–Crippen LogP) is 5.47. The van der Waals surface area contributed by atoms with E-state index < -0.39 is 6.61 Å². The van der Waals surface area contributed by atoms with Crippen LogP contribution in [0.4, 0.5) is 20.2 Å². The van der Waals surface area contributed by atoms with Crippen molar-refractivity contribution >= 4 is 17.3 Å². The van der Waals surface area contributed by atoms with Crippen LogP contribution < -0.4 is 20.1 Å². The fraction of sp³-hybridized carbons (Fsp3) is 0.174. The van der Waals surface area contributed by atoms with Gasteiger partial charge in [0.1, 0.15) is 0 Å². The van der Waals surface area contributed by atoms with E-state index in [1.807, 2.05) is 37.3 Å². The lowest BCUT2D eigenvalue weighted by Gasteiger charge is -2.14. The summed E-state index contributed by atoms with van der Waals surface area (Å²) in [7, 11) is 1.38. The standard InChI is InChI=1S/C23H22F2N2O3/c1-15-7-10-17(11-8-15)27-22(28)18-5-3-4-6-19(18)26-14-16-9-12-20(30-23(24)25)21(13-16)29-2/h3-13,23,26H,14H2,1-2H3,(H,27,28). The first-order chi connectivity index (χ1) is 14.5. The fourth-order valence-electron chi connectivity index (χ4n) is 2.88. The van der Waals surface area contributed by atoms with Gasteiger partial charge in [-0.25, -0.2) is 0 Å². The number of halogens is 2. The number of ether oxygens (including phenoxy) is 2. The van der Waals surface area contributed by atoms with Crippen LogP contribution >= 0.6 is 0 Å². The Labute approximate surface area is 173 Å². The van der Waals surface area contributed by atoms with Crippen LogP contribution in [0.1, 0.15) is 21.5 Å². The van der Waals surface area contributed by atoms with E-state index in [0.29, 0.717) is 23.5 Å². The molecule has 0 fully saturated rings. The van der Waals surface area contributed by atoms with E-state index in [9.17, 15) is 13.6 Å². The third-order valence-electron chi connectivity index (χ3n) is 4.41. The zero-order chi connectivity index (χ0) is 21.5. The summed E-state index contributed by atoms with van der Waals surface area (Å²) >= 11 is 0. The molecule has 0 unspecified atom stereocenters. The van der Waals surface area contributed by atoms with Crippen LogP contribution in [0.25, 0.3) is 0 Å². The zero-order valence-electron chi connectivity index (χ0n) is 16.6. The number of amides is 1. The van der Waals surface area contributed by atoms with E-state index in [1.54, 1.807) is 30.3 Å². The van der Waals surface area contributed by atoms with Crippen molar-refractivity contribution in [2.45, 2.75) is 20.1 Å². The molecule has 0 saturated carbocycles. The monoisotopic (exact) mass is 412 g/mol. The average molecular weight is 412 g/mol. The Morgan fingerprint density at radius 2 is 1.73 bits per heavy atom. The number of methoxy groups -OCH3 is 1. The molecule has 3 aromatic carbocycles. The Morgan fingerprint density at radius 3 is 2.43 bits per heavy atom. The summed E-state index contributed by atoms with van der Waals surface area (Å²) in [5, 5.41) is 6.09. The van der Waals surface area contributed by atoms with Gasteiger partial charge in [0.2, 0.25) is 0 Å². The first-order valence-electron chi connectivity index (χ1n) is 9.29. The lowest BCUT2D eigenvalue weighted by atomic mass is 10.1. The second-order valence-electron chi connectivity index (χ2n) is 6.58. The molecular formula is C23H22F2N2O3. The maximum absolute atomic E-state index is 12.7. The largest absolute Gasteiger partial charge is 0.493 e. The van der Waals surface area contributed by atoms with Crippen LogP contribution in [0.15, 0.2) is 66.7 Å². The molecule has 0 bridgehead atoms. The summed E-state index contributed by atoms with van der Waals surface area (Å²) in [6.45, 7) is -0.589. The lowest BCUT2D eigenvalue weighted by Crippen LogP contribution is -2.14. The van der Waals surface area contributed by atoms with Gasteiger partial charge >= 0.3 is 6.61 Å². The minimum atomic E-state index is -2.93. The van der Waals surface area contributed by atoms with E-state index in [4.69, 9.17) is 4.74 Å². The van der Waals surface area contributed by atoms with Crippen molar-refractivity contribution in [1.29, 1.82) is 0 Å². The number of anilines is 2. The Hall–Kier alpha value is -3.61. The maximum Gasteiger partial charge on any atom is 0.387 e. The molecule has 0 aliphatic carbocycles. The molecule has 0 aliphatic heterocycles. The molecule has 0 aliphatic rings. The van der Waals surface area contributed by atoms with Crippen molar-refractivity contribution in [3.63, 3.8) is 0 Å². The van der Waals surface area contributed by atoms with Gasteiger partial charge in [-0.1, -0.05) is 35.9 Å². The van der Waals surface area contributed by atoms with E-state index in [1.165, 1.54) is 13.2 Å². The molecule has 30 heavy (non-hydrogen) atoms. The molecule has 0 radical (unpaired) electrons. The molecule has 0 spiro atoms. The highest BCUT2D eigenvalue weighted by atomic mass is 19.3. The van der Waals surface area contributed by atoms with E-state index in [-0.39, 0.29) is 17.4 Å². The number of hydrogen-bond acceptors (Lipinski definition) is 4. The average Bonchev–Trinajstić information content (AvgIpc) is 2.74. The SMILES string of the molecule is COc1cc(CNc2ccccc2C(=O)Nc2ccc(C)cc2)ccc1OC(F)F. The lowest BCUT2D eigenvalue weighted by molar-refractivity contribution is -0.0512. The number of carbonyl (C=O) groups excluding carboxylic acids is 1. The first kappa shape index (κ1) is 21.1. The highest BCUT2D eigenvalue weighted by molar-refractivity contribution is 6.08. The third-order valence-corrected chi connectivity index (χ3v) is 4.41. The Morgan fingerprint density at radius 1 is 1.00 bits per heavy atom. The number of rotatable bonds is 8. The highest BCUT2D eigenvalue weighted by Gasteiger charge is 2.13. The summed E-state index contributed by atoms with van der Waals surface area (Å²) in [4.78, 5) is 12.7. The van der Waals surface area contributed by atoms with Gasteiger partial charge in [0.15, 0.2) is 11.5 Å². The number of alkyl halides is 2. The summed E-state index contributed by atoms with van der Waals surface area (Å²) in [6, 6.07) is 19.4. The van der Waals surface area contributed by atoms with Crippen LogP contribution in [0, 0.1) is 6.92 Å². The van der Waals surface area contributed by atoms with Crippen LogP contribution in [0.3, 0.4) is 0 Å². The van der Waals surface area contributed by atoms with Crippen LogP contribution in [0.5, 0.6) is 11.5 Å². The van der Waals surface area contributed by atoms with E-state index >= 15 is 0 Å². The van der Waals surface area contributed by atoms with Gasteiger partial charge in [-0.05, 0) is 48.9 Å². The van der Waals surface area contributed by atoms with Gasteiger partial charge in [0.05, 0.1) is 12.7 Å². The summed E-state index contributed by atoms with van der Waals surface area (Å²) in [6.07, 6.45) is 0. The number of para-hydroxylation sites is 1. The quantitative estimate of drug-likeness (QED) is 0.515. The molecule has 3 aromatic rings. The number of nitrogens with one attached hydrogen (secondary N) is 2. The smallest absolute Gasteiger partial charge is 0.387 e. The maximum atomic E-state index is 12.7. The van der Waals surface area contributed by atoms with Gasteiger partial charge in [-0.15, -0.1) is 0 Å². The van der Waals surface area contributed by atoms with Gasteiger partial charge in [-0.3, -0.25) is 4.79 Å². The molecule has 5 nitrogen and oxygen atoms in total. The van der Waals surface area contributed by atoms with Crippen molar-refractivity contribution < 1.29 is 23.0 Å². The number of carbonyl (C=O) groups is 1. The normalized spacial score (nSPS) is 10.6. The van der Waals surface area contributed by atoms with Crippen molar-refractivity contribution in [3.05, 3.63) is 83.4 Å². The molecule has 0 aromatic heterocycles. The van der Waals surface area contributed by atoms with E-state index in [0.717, 1.165) is 11.1 Å². The molecule has 156 valence electrons. The fourth-order valence-corrected chi connectivity index (χ4v) is 2.88. The Balaban J connectivity index is 1.72. The topological polar surface area (TPSA) is 59.6 Å². The van der Waals surface area contributed by atoms with Crippen molar-refractivity contribution in [3.8, 4) is 11.5 Å². The van der Waals surface area contributed by atoms with Gasteiger partial charge < -0.3 is 20.1 Å². The van der Waals surface area contributed by atoms with Gasteiger partial charge in [-0.2, -0.15) is 8.78 Å². The minimum absolute atomic E-state index is 0.0332. The highest BCUT2D eigenvalue weighted by Crippen LogP contribution is 2.30. The van der Waals surface area contributed by atoms with Crippen LogP contribution in [0.2, 0.25) is 0 Å². The number of aryl methyl sites for hydroxylation is 1. The Kier molecular flexibility index (Phi) is 6.85. The van der Waals surface area contributed by atoms with Crippen molar-refractivity contribution in [2.24, 2.45) is 0 Å². The summed E-state index contributed by atoms with van der Waals surface area (Å²) in [5.74, 6) is -0.0608. The van der Waals surface area contributed by atoms with Gasteiger partial charge in [0, 0.05) is 17.9 Å². The first-order valence-corrected chi connectivity index (χ1v) is 9.29. The van der Waals surface area contributed by atoms with Crippen molar-refractivity contribution in [2.75, 3.05) is 17.7 Å². The zero-order valence-corrected chi connectivity index (χ0v) is 16.6. The van der Waals surface area contributed by atoms with Crippen LogP contribution in [-0.2, 0) is 6.54 Å². The molecule has 0 saturated heterocycles. The second kappa shape index (κ2) is 9.73. The molecule has 3 rings (SSSR count). The molecule has 7 heteroatoms. The molecule has 2 N–H and O–H groups in total. The number of benzene rings is 3. The molecule has 1 amide bonds. The molecular weight excluding hydrogens is 390 g/mol. The third kappa shape index (κ3) is 5.47. The molecule has 0 heterocycles. The molecule has 0 atom stereocenters. The van der Waals surface area contributed by atoms with Gasteiger partial charge in [0.25, 0.3) is 5.91 Å². The Bertz CT molecular complexity index is 1010. The minimum Gasteiger partial charge on any atom is -0.493 e. The predicted molar refractivity (Wildman–Crippen MR) is 113 cm³/mol. The number of hydrogen-bond donors (Lipinski definition) is 2. The second-order valence-corrected chi connectivity index (χ2v) is 6.58. The summed E-state index contributed by atoms with van der Waals surface area (Å²) < 4.78 is 34.5. The van der Waals surface area contributed by atoms with E-state index in [2.05, 4.69) is 15.4 Å². The van der Waals surface area contributed by atoms with Crippen LogP contribution in [-0.4, -0.2) is 19.6 Å². The van der Waals surface area contributed by atoms with Crippen molar-refractivity contribution in [1.82, 2.24) is 0 Å².